The van der Waals surface area contributed by atoms with E-state index < -0.39 is 6.04 Å². The smallest absolute Gasteiger partial charge is 0.331 e. The molecule has 30 heavy (non-hydrogen) atoms. The van der Waals surface area contributed by atoms with Gasteiger partial charge < -0.3 is 23.7 Å². The Hall–Kier alpha value is -3.22. The van der Waals surface area contributed by atoms with Crippen molar-refractivity contribution < 1.29 is 28.5 Å². The standard InChI is InChI=1S/C23H27NO6/c1-6-30-23(25)18-11-15-12-21(28-4)22(29-5)13-16(15)17(24-18)9-14-7-8-19(26-2)20(10-14)27-3/h7-8,10,12-13,18H,6,9,11H2,1-5H3. The number of rotatable bonds is 8. The fourth-order valence-electron chi connectivity index (χ4n) is 3.57. The average molecular weight is 413 g/mol. The zero-order chi connectivity index (χ0) is 21.7. The SMILES string of the molecule is CCOC(=O)C1Cc2cc(OC)c(OC)cc2C(Cc2ccc(OC)c(OC)c2)=N1. The van der Waals surface area contributed by atoms with Crippen LogP contribution in [-0.2, 0) is 22.4 Å². The maximum Gasteiger partial charge on any atom is 0.331 e. The quantitative estimate of drug-likeness (QED) is 0.619. The summed E-state index contributed by atoms with van der Waals surface area (Å²) < 4.78 is 26.9. The first kappa shape index (κ1) is 21.5. The lowest BCUT2D eigenvalue weighted by molar-refractivity contribution is -0.144. The van der Waals surface area contributed by atoms with Gasteiger partial charge in [0.25, 0.3) is 0 Å². The van der Waals surface area contributed by atoms with E-state index in [0.717, 1.165) is 22.4 Å². The van der Waals surface area contributed by atoms with Crippen molar-refractivity contribution in [3.05, 3.63) is 47.0 Å². The number of aliphatic imine (C=N–C) groups is 1. The van der Waals surface area contributed by atoms with Crippen LogP contribution in [0.2, 0.25) is 0 Å². The third kappa shape index (κ3) is 4.35. The zero-order valence-corrected chi connectivity index (χ0v) is 18.0. The van der Waals surface area contributed by atoms with Crippen molar-refractivity contribution in [2.45, 2.75) is 25.8 Å². The number of nitrogens with zero attached hydrogens (tertiary/aromatic N) is 1. The normalized spacial score (nSPS) is 15.0. The molecule has 1 heterocycles. The molecular formula is C23H27NO6. The minimum absolute atomic E-state index is 0.314. The van der Waals surface area contributed by atoms with Crippen LogP contribution in [0.15, 0.2) is 35.3 Å². The molecule has 1 atom stereocenters. The molecule has 0 spiro atoms. The van der Waals surface area contributed by atoms with Gasteiger partial charge in [0.15, 0.2) is 29.0 Å². The summed E-state index contributed by atoms with van der Waals surface area (Å²) in [6.45, 7) is 2.10. The molecule has 0 saturated carbocycles. The van der Waals surface area contributed by atoms with E-state index in [4.69, 9.17) is 28.7 Å². The first-order valence-corrected chi connectivity index (χ1v) is 9.74. The number of benzene rings is 2. The lowest BCUT2D eigenvalue weighted by Crippen LogP contribution is -2.30. The molecule has 1 unspecified atom stereocenters. The van der Waals surface area contributed by atoms with Crippen molar-refractivity contribution in [1.82, 2.24) is 0 Å². The van der Waals surface area contributed by atoms with E-state index in [2.05, 4.69) is 0 Å². The highest BCUT2D eigenvalue weighted by molar-refractivity contribution is 6.06. The number of carbonyl (C=O) groups is 1. The Labute approximate surface area is 176 Å². The predicted octanol–water partition coefficient (Wildman–Crippen LogP) is 3.24. The number of carbonyl (C=O) groups excluding carboxylic acids is 1. The molecule has 0 fully saturated rings. The lowest BCUT2D eigenvalue weighted by Gasteiger charge is -2.24. The van der Waals surface area contributed by atoms with Crippen LogP contribution < -0.4 is 18.9 Å². The second-order valence-corrected chi connectivity index (χ2v) is 6.78. The molecule has 7 nitrogen and oxygen atoms in total. The van der Waals surface area contributed by atoms with Crippen LogP contribution >= 0.6 is 0 Å². The van der Waals surface area contributed by atoms with Crippen LogP contribution in [0.1, 0.15) is 23.6 Å². The van der Waals surface area contributed by atoms with E-state index in [1.807, 2.05) is 30.3 Å². The maximum atomic E-state index is 12.4. The molecule has 160 valence electrons. The van der Waals surface area contributed by atoms with Gasteiger partial charge in [0.2, 0.25) is 0 Å². The minimum atomic E-state index is -0.592. The van der Waals surface area contributed by atoms with Crippen molar-refractivity contribution in [3.63, 3.8) is 0 Å². The van der Waals surface area contributed by atoms with Crippen LogP contribution in [0.25, 0.3) is 0 Å². The van der Waals surface area contributed by atoms with Crippen LogP contribution in [0.3, 0.4) is 0 Å². The summed E-state index contributed by atoms with van der Waals surface area (Å²) in [6.07, 6.45) is 0.961. The van der Waals surface area contributed by atoms with Crippen LogP contribution in [0, 0.1) is 0 Å². The highest BCUT2D eigenvalue weighted by Crippen LogP contribution is 2.35. The second kappa shape index (κ2) is 9.52. The zero-order valence-electron chi connectivity index (χ0n) is 18.0. The molecule has 7 heteroatoms. The van der Waals surface area contributed by atoms with Gasteiger partial charge in [-0.3, -0.25) is 4.99 Å². The van der Waals surface area contributed by atoms with Crippen molar-refractivity contribution >= 4 is 11.7 Å². The molecule has 2 aromatic carbocycles. The van der Waals surface area contributed by atoms with Crippen LogP contribution in [0.5, 0.6) is 23.0 Å². The summed E-state index contributed by atoms with van der Waals surface area (Å²) in [6, 6.07) is 8.95. The van der Waals surface area contributed by atoms with Crippen molar-refractivity contribution in [1.29, 1.82) is 0 Å². The Morgan fingerprint density at radius 2 is 1.57 bits per heavy atom. The third-order valence-corrected chi connectivity index (χ3v) is 5.02. The van der Waals surface area contributed by atoms with Gasteiger partial charge in [-0.15, -0.1) is 0 Å². The molecule has 1 aliphatic rings. The number of ether oxygens (including phenoxy) is 5. The molecule has 2 aromatic rings. The molecule has 0 amide bonds. The Balaban J connectivity index is 2.04. The van der Waals surface area contributed by atoms with Crippen LogP contribution in [0.4, 0.5) is 0 Å². The van der Waals surface area contributed by atoms with Crippen LogP contribution in [-0.4, -0.2) is 52.8 Å². The highest BCUT2D eigenvalue weighted by atomic mass is 16.5. The Morgan fingerprint density at radius 1 is 0.933 bits per heavy atom. The minimum Gasteiger partial charge on any atom is -0.493 e. The van der Waals surface area contributed by atoms with Crippen molar-refractivity contribution in [3.8, 4) is 23.0 Å². The summed E-state index contributed by atoms with van der Waals surface area (Å²) in [5.74, 6) is 2.20. The summed E-state index contributed by atoms with van der Waals surface area (Å²) in [7, 11) is 6.39. The van der Waals surface area contributed by atoms with Gasteiger partial charge in [-0.25, -0.2) is 4.79 Å². The van der Waals surface area contributed by atoms with Gasteiger partial charge in [0.05, 0.1) is 35.0 Å². The monoisotopic (exact) mass is 413 g/mol. The topological polar surface area (TPSA) is 75.6 Å². The fourth-order valence-corrected chi connectivity index (χ4v) is 3.57. The highest BCUT2D eigenvalue weighted by Gasteiger charge is 2.29. The van der Waals surface area contributed by atoms with Crippen molar-refractivity contribution in [2.24, 2.45) is 4.99 Å². The van der Waals surface area contributed by atoms with Gasteiger partial charge in [-0.05, 0) is 42.3 Å². The number of methoxy groups -OCH3 is 4. The largest absolute Gasteiger partial charge is 0.493 e. The number of esters is 1. The Morgan fingerprint density at radius 3 is 2.20 bits per heavy atom. The molecular weight excluding hydrogens is 386 g/mol. The third-order valence-electron chi connectivity index (χ3n) is 5.02. The Bertz CT molecular complexity index is 953. The Kier molecular flexibility index (Phi) is 6.82. The van der Waals surface area contributed by atoms with E-state index in [1.54, 1.807) is 35.4 Å². The summed E-state index contributed by atoms with van der Waals surface area (Å²) in [5, 5.41) is 0. The molecule has 0 bridgehead atoms. The van der Waals surface area contributed by atoms with Crippen molar-refractivity contribution in [2.75, 3.05) is 35.0 Å². The maximum absolute atomic E-state index is 12.4. The van der Waals surface area contributed by atoms with Gasteiger partial charge in [-0.2, -0.15) is 0 Å². The first-order valence-electron chi connectivity index (χ1n) is 9.74. The van der Waals surface area contributed by atoms with Gasteiger partial charge in [0.1, 0.15) is 0 Å². The van der Waals surface area contributed by atoms with E-state index in [0.29, 0.717) is 42.4 Å². The molecule has 0 saturated heterocycles. The molecule has 0 aromatic heterocycles. The number of hydrogen-bond acceptors (Lipinski definition) is 7. The van der Waals surface area contributed by atoms with Gasteiger partial charge >= 0.3 is 5.97 Å². The lowest BCUT2D eigenvalue weighted by atomic mass is 9.90. The average Bonchev–Trinajstić information content (AvgIpc) is 2.77. The molecule has 0 N–H and O–H groups in total. The van der Waals surface area contributed by atoms with E-state index in [9.17, 15) is 4.79 Å². The van der Waals surface area contributed by atoms with E-state index >= 15 is 0 Å². The molecule has 0 aliphatic carbocycles. The van der Waals surface area contributed by atoms with E-state index in [-0.39, 0.29) is 5.97 Å². The summed E-state index contributed by atoms with van der Waals surface area (Å²) in [4.78, 5) is 17.2. The first-order chi connectivity index (χ1) is 14.5. The van der Waals surface area contributed by atoms with Gasteiger partial charge in [-0.1, -0.05) is 6.07 Å². The summed E-state index contributed by atoms with van der Waals surface area (Å²) in [5.41, 5.74) is 3.67. The fraction of sp³-hybridized carbons (Fsp3) is 0.391. The molecule has 0 radical (unpaired) electrons. The second-order valence-electron chi connectivity index (χ2n) is 6.78. The summed E-state index contributed by atoms with van der Waals surface area (Å²) >= 11 is 0. The number of hydrogen-bond donors (Lipinski definition) is 0. The van der Waals surface area contributed by atoms with E-state index in [1.165, 1.54) is 0 Å². The molecule has 1 aliphatic heterocycles. The predicted molar refractivity (Wildman–Crippen MR) is 113 cm³/mol. The number of fused-ring (bicyclic) bond motifs is 1. The van der Waals surface area contributed by atoms with Gasteiger partial charge in [0, 0.05) is 24.1 Å². The molecule has 3 rings (SSSR count).